The molecule has 1 aromatic rings. The van der Waals surface area contributed by atoms with Crippen LogP contribution in [0.1, 0.15) is 56.7 Å². The Morgan fingerprint density at radius 1 is 1.06 bits per heavy atom. The van der Waals surface area contributed by atoms with Crippen LogP contribution in [-0.4, -0.2) is 7.05 Å². The second-order valence-electron chi connectivity index (χ2n) is 4.96. The Hall–Kier alpha value is -0.820. The summed E-state index contributed by atoms with van der Waals surface area (Å²) in [4.78, 5) is 0. The van der Waals surface area contributed by atoms with Crippen molar-refractivity contribution in [3.63, 3.8) is 0 Å². The topological polar surface area (TPSA) is 12.0 Å². The van der Waals surface area contributed by atoms with E-state index in [-0.39, 0.29) is 0 Å². The smallest absolute Gasteiger partial charge is 0.0348 e. The Labute approximate surface area is 107 Å². The maximum Gasteiger partial charge on any atom is 0.0348 e. The van der Waals surface area contributed by atoms with Crippen LogP contribution >= 0.6 is 0 Å². The molecule has 17 heavy (non-hydrogen) atoms. The molecule has 0 aliphatic heterocycles. The maximum absolute atomic E-state index is 3.53. The van der Waals surface area contributed by atoms with Crippen molar-refractivity contribution in [1.82, 2.24) is 5.32 Å². The zero-order valence-electron chi connectivity index (χ0n) is 11.8. The first-order chi connectivity index (χ1) is 8.24. The van der Waals surface area contributed by atoms with E-state index in [1.807, 2.05) is 0 Å². The molecule has 0 fully saturated rings. The molecular weight excluding hydrogens is 206 g/mol. The SMILES string of the molecule is CCCC(CCC)C(NC)c1ccccc1C. The Morgan fingerprint density at radius 2 is 1.65 bits per heavy atom. The summed E-state index contributed by atoms with van der Waals surface area (Å²) in [6.07, 6.45) is 5.17. The Balaban J connectivity index is 2.91. The maximum atomic E-state index is 3.53. The van der Waals surface area contributed by atoms with Crippen molar-refractivity contribution >= 4 is 0 Å². The zero-order valence-corrected chi connectivity index (χ0v) is 11.8. The third kappa shape index (κ3) is 3.85. The quantitative estimate of drug-likeness (QED) is 0.732. The van der Waals surface area contributed by atoms with E-state index in [4.69, 9.17) is 0 Å². The van der Waals surface area contributed by atoms with Gasteiger partial charge in [0.2, 0.25) is 0 Å². The summed E-state index contributed by atoms with van der Waals surface area (Å²) in [5, 5.41) is 3.53. The van der Waals surface area contributed by atoms with Crippen LogP contribution in [0.2, 0.25) is 0 Å². The molecule has 1 N–H and O–H groups in total. The van der Waals surface area contributed by atoms with Crippen LogP contribution in [0.3, 0.4) is 0 Å². The molecule has 1 nitrogen and oxygen atoms in total. The molecule has 0 spiro atoms. The van der Waals surface area contributed by atoms with Crippen molar-refractivity contribution in [2.75, 3.05) is 7.05 Å². The van der Waals surface area contributed by atoms with Crippen LogP contribution in [0.4, 0.5) is 0 Å². The van der Waals surface area contributed by atoms with Gasteiger partial charge in [-0.2, -0.15) is 0 Å². The van der Waals surface area contributed by atoms with E-state index in [1.165, 1.54) is 36.8 Å². The van der Waals surface area contributed by atoms with Gasteiger partial charge in [-0.3, -0.25) is 0 Å². The van der Waals surface area contributed by atoms with E-state index in [0.717, 1.165) is 5.92 Å². The molecule has 1 atom stereocenters. The van der Waals surface area contributed by atoms with Crippen molar-refractivity contribution in [2.24, 2.45) is 5.92 Å². The van der Waals surface area contributed by atoms with Crippen LogP contribution in [0.5, 0.6) is 0 Å². The van der Waals surface area contributed by atoms with Crippen LogP contribution < -0.4 is 5.32 Å². The molecule has 1 rings (SSSR count). The van der Waals surface area contributed by atoms with Crippen molar-refractivity contribution in [1.29, 1.82) is 0 Å². The van der Waals surface area contributed by atoms with Gasteiger partial charge in [0.05, 0.1) is 0 Å². The normalized spacial score (nSPS) is 13.0. The Kier molecular flexibility index (Phi) is 6.28. The van der Waals surface area contributed by atoms with E-state index in [0.29, 0.717) is 6.04 Å². The number of aryl methyl sites for hydroxylation is 1. The van der Waals surface area contributed by atoms with Crippen molar-refractivity contribution < 1.29 is 0 Å². The second-order valence-corrected chi connectivity index (χ2v) is 4.96. The van der Waals surface area contributed by atoms with Gasteiger partial charge in [-0.1, -0.05) is 51.0 Å². The molecule has 0 radical (unpaired) electrons. The average Bonchev–Trinajstić information content (AvgIpc) is 2.33. The lowest BCUT2D eigenvalue weighted by atomic mass is 9.84. The molecule has 0 aromatic heterocycles. The summed E-state index contributed by atoms with van der Waals surface area (Å²) in [6.45, 7) is 6.79. The van der Waals surface area contributed by atoms with Crippen LogP contribution in [-0.2, 0) is 0 Å². The summed E-state index contributed by atoms with van der Waals surface area (Å²) < 4.78 is 0. The predicted octanol–water partition coefficient (Wildman–Crippen LogP) is 4.47. The molecule has 1 heteroatoms. The average molecular weight is 233 g/mol. The van der Waals surface area contributed by atoms with Crippen molar-refractivity contribution in [3.05, 3.63) is 35.4 Å². The molecule has 0 bridgehead atoms. The summed E-state index contributed by atoms with van der Waals surface area (Å²) in [7, 11) is 2.09. The standard InChI is InChI=1S/C16H27N/c1-5-9-14(10-6-2)16(17-4)15-12-8-7-11-13(15)3/h7-8,11-12,14,16-17H,5-6,9-10H2,1-4H3. The number of benzene rings is 1. The second kappa shape index (κ2) is 7.50. The molecule has 0 aliphatic carbocycles. The van der Waals surface area contributed by atoms with Gasteiger partial charge in [-0.05, 0) is 43.9 Å². The van der Waals surface area contributed by atoms with E-state index in [1.54, 1.807) is 0 Å². The van der Waals surface area contributed by atoms with Gasteiger partial charge in [0.15, 0.2) is 0 Å². The third-order valence-electron chi connectivity index (χ3n) is 3.62. The minimum Gasteiger partial charge on any atom is -0.313 e. The predicted molar refractivity (Wildman–Crippen MR) is 76.3 cm³/mol. The zero-order chi connectivity index (χ0) is 12.7. The molecule has 1 unspecified atom stereocenters. The van der Waals surface area contributed by atoms with Gasteiger partial charge in [-0.25, -0.2) is 0 Å². The summed E-state index contributed by atoms with van der Waals surface area (Å²) >= 11 is 0. The molecule has 96 valence electrons. The highest BCUT2D eigenvalue weighted by Crippen LogP contribution is 2.30. The van der Waals surface area contributed by atoms with Crippen LogP contribution in [0.25, 0.3) is 0 Å². The lowest BCUT2D eigenvalue weighted by Crippen LogP contribution is -2.26. The minimum absolute atomic E-state index is 0.510. The number of hydrogen-bond acceptors (Lipinski definition) is 1. The number of rotatable bonds is 7. The fourth-order valence-electron chi connectivity index (χ4n) is 2.80. The van der Waals surface area contributed by atoms with Gasteiger partial charge in [0.1, 0.15) is 0 Å². The van der Waals surface area contributed by atoms with E-state index < -0.39 is 0 Å². The third-order valence-corrected chi connectivity index (χ3v) is 3.62. The molecule has 0 saturated carbocycles. The first kappa shape index (κ1) is 14.2. The first-order valence-electron chi connectivity index (χ1n) is 6.97. The lowest BCUT2D eigenvalue weighted by Gasteiger charge is -2.28. The highest BCUT2D eigenvalue weighted by atomic mass is 14.9. The van der Waals surface area contributed by atoms with Gasteiger partial charge in [0, 0.05) is 6.04 Å². The van der Waals surface area contributed by atoms with E-state index in [2.05, 4.69) is 57.4 Å². The number of nitrogens with one attached hydrogen (secondary N) is 1. The Morgan fingerprint density at radius 3 is 2.12 bits per heavy atom. The lowest BCUT2D eigenvalue weighted by molar-refractivity contribution is 0.330. The molecule has 0 saturated heterocycles. The number of hydrogen-bond donors (Lipinski definition) is 1. The molecular formula is C16H27N. The van der Waals surface area contributed by atoms with Crippen LogP contribution in [0.15, 0.2) is 24.3 Å². The van der Waals surface area contributed by atoms with Gasteiger partial charge >= 0.3 is 0 Å². The van der Waals surface area contributed by atoms with E-state index in [9.17, 15) is 0 Å². The fourth-order valence-corrected chi connectivity index (χ4v) is 2.80. The highest BCUT2D eigenvalue weighted by molar-refractivity contribution is 5.29. The summed E-state index contributed by atoms with van der Waals surface area (Å²) in [5.41, 5.74) is 2.88. The van der Waals surface area contributed by atoms with Gasteiger partial charge in [0.25, 0.3) is 0 Å². The van der Waals surface area contributed by atoms with Crippen molar-refractivity contribution in [2.45, 2.75) is 52.5 Å². The molecule has 0 amide bonds. The fraction of sp³-hybridized carbons (Fsp3) is 0.625. The van der Waals surface area contributed by atoms with Crippen molar-refractivity contribution in [3.8, 4) is 0 Å². The van der Waals surface area contributed by atoms with Gasteiger partial charge < -0.3 is 5.32 Å². The highest BCUT2D eigenvalue weighted by Gasteiger charge is 2.21. The monoisotopic (exact) mass is 233 g/mol. The molecule has 0 heterocycles. The van der Waals surface area contributed by atoms with Gasteiger partial charge in [-0.15, -0.1) is 0 Å². The molecule has 0 aliphatic rings. The summed E-state index contributed by atoms with van der Waals surface area (Å²) in [6, 6.07) is 9.28. The largest absolute Gasteiger partial charge is 0.313 e. The van der Waals surface area contributed by atoms with E-state index >= 15 is 0 Å². The minimum atomic E-state index is 0.510. The summed E-state index contributed by atoms with van der Waals surface area (Å²) in [5.74, 6) is 0.760. The first-order valence-corrected chi connectivity index (χ1v) is 6.97. The Bertz CT molecular complexity index is 313. The van der Waals surface area contributed by atoms with Crippen LogP contribution in [0, 0.1) is 12.8 Å². The molecule has 1 aromatic carbocycles.